The maximum Gasteiger partial charge on any atom is 0.315 e. The summed E-state index contributed by atoms with van der Waals surface area (Å²) in [5.74, 6) is 0. The van der Waals surface area contributed by atoms with Gasteiger partial charge in [-0.15, -0.1) is 0 Å². The molecule has 0 radical (unpaired) electrons. The fourth-order valence-electron chi connectivity index (χ4n) is 2.35. The molecule has 2 amide bonds. The van der Waals surface area contributed by atoms with E-state index in [1.165, 1.54) is 0 Å². The van der Waals surface area contributed by atoms with E-state index in [0.717, 1.165) is 11.1 Å². The van der Waals surface area contributed by atoms with Crippen molar-refractivity contribution in [3.8, 4) is 0 Å². The van der Waals surface area contributed by atoms with Gasteiger partial charge in [0, 0.05) is 11.6 Å². The number of halogens is 1. The molecule has 0 heterocycles. The minimum Gasteiger partial charge on any atom is -0.351 e. The number of benzene rings is 2. The lowest BCUT2D eigenvalue weighted by Gasteiger charge is -2.38. The molecule has 0 bridgehead atoms. The lowest BCUT2D eigenvalue weighted by atomic mass is 9.92. The Morgan fingerprint density at radius 1 is 1.10 bits per heavy atom. The molecule has 4 heteroatoms. The molecule has 0 unspecified atom stereocenters. The van der Waals surface area contributed by atoms with Gasteiger partial charge >= 0.3 is 6.03 Å². The van der Waals surface area contributed by atoms with Crippen LogP contribution >= 0.6 is 11.6 Å². The molecule has 0 aliphatic heterocycles. The van der Waals surface area contributed by atoms with Crippen LogP contribution in [0.25, 0.3) is 0 Å². The van der Waals surface area contributed by atoms with Crippen molar-refractivity contribution in [1.82, 2.24) is 4.90 Å². The summed E-state index contributed by atoms with van der Waals surface area (Å²) in [6, 6.07) is 16.8. The average molecular weight is 303 g/mol. The van der Waals surface area contributed by atoms with E-state index in [1.807, 2.05) is 68.4 Å². The summed E-state index contributed by atoms with van der Waals surface area (Å²) in [7, 11) is 0. The van der Waals surface area contributed by atoms with E-state index in [2.05, 4.69) is 0 Å². The van der Waals surface area contributed by atoms with Crippen LogP contribution in [0.15, 0.2) is 54.6 Å². The predicted octanol–water partition coefficient (Wildman–Crippen LogP) is 4.16. The quantitative estimate of drug-likeness (QED) is 0.906. The molecule has 3 nitrogen and oxygen atoms in total. The minimum absolute atomic E-state index is 0.372. The first-order valence-corrected chi connectivity index (χ1v) is 7.16. The Kier molecular flexibility index (Phi) is 4.53. The van der Waals surface area contributed by atoms with Gasteiger partial charge in [0.05, 0.1) is 5.54 Å². The molecule has 2 aromatic carbocycles. The van der Waals surface area contributed by atoms with Crippen molar-refractivity contribution in [3.05, 3.63) is 70.7 Å². The van der Waals surface area contributed by atoms with Crippen molar-refractivity contribution >= 4 is 17.6 Å². The first-order valence-electron chi connectivity index (χ1n) is 6.79. The normalized spacial score (nSPS) is 11.2. The van der Waals surface area contributed by atoms with Gasteiger partial charge in [0.15, 0.2) is 0 Å². The molecule has 0 saturated heterocycles. The van der Waals surface area contributed by atoms with E-state index in [1.54, 1.807) is 4.90 Å². The summed E-state index contributed by atoms with van der Waals surface area (Å²) in [6.07, 6.45) is 0. The van der Waals surface area contributed by atoms with E-state index in [4.69, 9.17) is 17.3 Å². The molecule has 0 atom stereocenters. The van der Waals surface area contributed by atoms with Crippen LogP contribution in [0.2, 0.25) is 5.02 Å². The zero-order valence-electron chi connectivity index (χ0n) is 12.2. The Morgan fingerprint density at radius 3 is 2.24 bits per heavy atom. The van der Waals surface area contributed by atoms with Gasteiger partial charge in [-0.25, -0.2) is 4.79 Å². The van der Waals surface area contributed by atoms with Crippen molar-refractivity contribution < 1.29 is 4.79 Å². The number of rotatable bonds is 4. The highest BCUT2D eigenvalue weighted by Crippen LogP contribution is 2.30. The smallest absolute Gasteiger partial charge is 0.315 e. The van der Waals surface area contributed by atoms with Gasteiger partial charge in [-0.2, -0.15) is 0 Å². The Bertz CT molecular complexity index is 626. The first-order chi connectivity index (χ1) is 9.93. The molecule has 2 N–H and O–H groups in total. The number of hydrogen-bond acceptors (Lipinski definition) is 1. The van der Waals surface area contributed by atoms with Crippen LogP contribution in [0.3, 0.4) is 0 Å². The molecule has 110 valence electrons. The molecule has 0 saturated carbocycles. The fourth-order valence-corrected chi connectivity index (χ4v) is 2.55. The third-order valence-electron chi connectivity index (χ3n) is 3.71. The lowest BCUT2D eigenvalue weighted by molar-refractivity contribution is 0.136. The van der Waals surface area contributed by atoms with Crippen molar-refractivity contribution in [1.29, 1.82) is 0 Å². The van der Waals surface area contributed by atoms with Crippen molar-refractivity contribution in [2.75, 3.05) is 0 Å². The van der Waals surface area contributed by atoms with Gasteiger partial charge in [0.25, 0.3) is 0 Å². The van der Waals surface area contributed by atoms with E-state index in [0.29, 0.717) is 11.6 Å². The Hall–Kier alpha value is -2.00. The van der Waals surface area contributed by atoms with E-state index < -0.39 is 11.6 Å². The van der Waals surface area contributed by atoms with Gasteiger partial charge in [-0.1, -0.05) is 60.1 Å². The number of nitrogens with two attached hydrogens (primary N) is 1. The topological polar surface area (TPSA) is 46.3 Å². The maximum absolute atomic E-state index is 11.9. The zero-order valence-corrected chi connectivity index (χ0v) is 13.0. The van der Waals surface area contributed by atoms with Crippen molar-refractivity contribution in [2.24, 2.45) is 5.73 Å². The molecular weight excluding hydrogens is 284 g/mol. The van der Waals surface area contributed by atoms with Gasteiger partial charge in [0.2, 0.25) is 0 Å². The minimum atomic E-state index is -0.522. The van der Waals surface area contributed by atoms with E-state index in [-0.39, 0.29) is 0 Å². The highest BCUT2D eigenvalue weighted by atomic mass is 35.5. The summed E-state index contributed by atoms with van der Waals surface area (Å²) in [5, 5.41) is 0.632. The number of nitrogens with zero attached hydrogens (tertiary/aromatic N) is 1. The standard InChI is InChI=1S/C17H19ClN2O/c1-17(2,14-9-4-3-5-10-14)20(16(19)21)12-13-8-6-7-11-15(13)18/h3-11H,12H2,1-2H3,(H2,19,21). The van der Waals surface area contributed by atoms with Crippen molar-refractivity contribution in [3.63, 3.8) is 0 Å². The molecule has 2 rings (SSSR count). The molecule has 21 heavy (non-hydrogen) atoms. The molecule has 0 spiro atoms. The zero-order chi connectivity index (χ0) is 15.5. The van der Waals surface area contributed by atoms with Gasteiger partial charge in [-0.05, 0) is 31.0 Å². The van der Waals surface area contributed by atoms with Crippen LogP contribution in [0.1, 0.15) is 25.0 Å². The average Bonchev–Trinajstić information content (AvgIpc) is 2.46. The van der Waals surface area contributed by atoms with Gasteiger partial charge < -0.3 is 10.6 Å². The first kappa shape index (κ1) is 15.4. The number of carbonyl (C=O) groups is 1. The maximum atomic E-state index is 11.9. The molecule has 0 aliphatic rings. The Labute approximate surface area is 130 Å². The second-order valence-electron chi connectivity index (χ2n) is 5.44. The monoisotopic (exact) mass is 302 g/mol. The van der Waals surface area contributed by atoms with E-state index >= 15 is 0 Å². The summed E-state index contributed by atoms with van der Waals surface area (Å²) >= 11 is 6.19. The van der Waals surface area contributed by atoms with Crippen LogP contribution in [-0.4, -0.2) is 10.9 Å². The fraction of sp³-hybridized carbons (Fsp3) is 0.235. The Morgan fingerprint density at radius 2 is 1.67 bits per heavy atom. The molecule has 2 aromatic rings. The number of carbonyl (C=O) groups excluding carboxylic acids is 1. The van der Waals surface area contributed by atoms with Crippen LogP contribution in [0, 0.1) is 0 Å². The van der Waals surface area contributed by atoms with Crippen LogP contribution in [0.4, 0.5) is 4.79 Å². The second-order valence-corrected chi connectivity index (χ2v) is 5.85. The van der Waals surface area contributed by atoms with Crippen molar-refractivity contribution in [2.45, 2.75) is 25.9 Å². The van der Waals surface area contributed by atoms with E-state index in [9.17, 15) is 4.79 Å². The summed E-state index contributed by atoms with van der Waals surface area (Å²) < 4.78 is 0. The molecular formula is C17H19ClN2O. The van der Waals surface area contributed by atoms with Crippen LogP contribution < -0.4 is 5.73 Å². The molecule has 0 fully saturated rings. The number of amides is 2. The number of urea groups is 1. The summed E-state index contributed by atoms with van der Waals surface area (Å²) in [6.45, 7) is 4.32. The molecule has 0 aliphatic carbocycles. The SMILES string of the molecule is CC(C)(c1ccccc1)N(Cc1ccccc1Cl)C(N)=O. The third kappa shape index (κ3) is 3.37. The highest BCUT2D eigenvalue weighted by molar-refractivity contribution is 6.31. The third-order valence-corrected chi connectivity index (χ3v) is 4.08. The van der Waals surface area contributed by atoms with Crippen LogP contribution in [-0.2, 0) is 12.1 Å². The predicted molar refractivity (Wildman–Crippen MR) is 86.0 cm³/mol. The second kappa shape index (κ2) is 6.19. The number of hydrogen-bond donors (Lipinski definition) is 1. The highest BCUT2D eigenvalue weighted by Gasteiger charge is 2.31. The lowest BCUT2D eigenvalue weighted by Crippen LogP contribution is -2.47. The van der Waals surface area contributed by atoms with Gasteiger partial charge in [-0.3, -0.25) is 0 Å². The van der Waals surface area contributed by atoms with Gasteiger partial charge in [0.1, 0.15) is 0 Å². The number of primary amides is 1. The summed E-state index contributed by atoms with van der Waals surface area (Å²) in [5.41, 5.74) is 6.98. The largest absolute Gasteiger partial charge is 0.351 e. The molecule has 0 aromatic heterocycles. The summed E-state index contributed by atoms with van der Waals surface area (Å²) in [4.78, 5) is 13.6. The van der Waals surface area contributed by atoms with Crippen LogP contribution in [0.5, 0.6) is 0 Å². The Balaban J connectivity index is 2.36.